The summed E-state index contributed by atoms with van der Waals surface area (Å²) in [6, 6.07) is 0. The number of hydrogen-bond donors (Lipinski definition) is 4. The van der Waals surface area contributed by atoms with Crippen molar-refractivity contribution in [1.29, 1.82) is 0 Å². The van der Waals surface area contributed by atoms with Gasteiger partial charge < -0.3 is 33.9 Å². The average molecular weight is 430 g/mol. The summed E-state index contributed by atoms with van der Waals surface area (Å²) >= 11 is 4.47. The molecule has 0 fully saturated rings. The number of carbonyl (C=O) groups excluding carboxylic acids is 4. The van der Waals surface area contributed by atoms with Crippen LogP contribution in [-0.2, 0) is 31.8 Å². The summed E-state index contributed by atoms with van der Waals surface area (Å²) in [6.07, 6.45) is 0. The number of hydrogen-bond acceptors (Lipinski definition) is 5. The van der Waals surface area contributed by atoms with Gasteiger partial charge in [0.1, 0.15) is 0 Å². The summed E-state index contributed by atoms with van der Waals surface area (Å²) in [5.41, 5.74) is 0. The number of likely N-dealkylation sites (N-methyl/N-ethyl adjacent to an activating group) is 1. The zero-order chi connectivity index (χ0) is 14.7. The fourth-order valence-corrected chi connectivity index (χ4v) is 1.07. The number of amides is 4. The first-order valence-corrected chi connectivity index (χ1v) is 6.22. The predicted molar refractivity (Wildman–Crippen MR) is 69.9 cm³/mol. The van der Waals surface area contributed by atoms with Gasteiger partial charge in [-0.15, -0.1) is 0 Å². The molecule has 0 aliphatic carbocycles. The van der Waals surface area contributed by atoms with Crippen molar-refractivity contribution >= 4 is 36.3 Å². The Morgan fingerprint density at radius 2 is 1.10 bits per heavy atom. The Kier molecular flexibility index (Phi) is 14.8. The molecule has 0 heterocycles. The molecule has 4 amide bonds. The average Bonchev–Trinajstić information content (AvgIpc) is 2.40. The van der Waals surface area contributed by atoms with E-state index in [1.54, 1.807) is 6.92 Å². The summed E-state index contributed by atoms with van der Waals surface area (Å²) < 4.78 is 0. The molecule has 0 aromatic heterocycles. The molecule has 1 radical (unpaired) electrons. The largest absolute Gasteiger partial charge is 0.783 e. The summed E-state index contributed by atoms with van der Waals surface area (Å²) in [4.78, 5) is 44.2. The molecule has 10 heteroatoms. The van der Waals surface area contributed by atoms with Gasteiger partial charge >= 0.3 is 0 Å². The molecule has 0 bridgehead atoms. The maximum atomic E-state index is 11.2. The molecular formula is C10H17N4O4PrS-. The van der Waals surface area contributed by atoms with Gasteiger partial charge in [0, 0.05) is 47.8 Å². The summed E-state index contributed by atoms with van der Waals surface area (Å²) in [5.74, 6) is -1.86. The molecule has 0 atom stereocenters. The summed E-state index contributed by atoms with van der Waals surface area (Å²) in [6.45, 7) is 1.60. The Morgan fingerprint density at radius 3 is 1.45 bits per heavy atom. The molecule has 0 aliphatic heterocycles. The zero-order valence-corrected chi connectivity index (χ0v) is 15.7. The standard InChI is InChI=1S/C10H18N4O4S.Pr/c1-2-11-7(15)3-12-8(16)4-13-9(17)5-14-10(18)6-19;/h19H,2-6H2,1H3,(H,11,15)(H,12,16)(H,13,17)(H,14,18);/p-1. The third kappa shape index (κ3) is 12.6. The van der Waals surface area contributed by atoms with Crippen molar-refractivity contribution in [3.8, 4) is 0 Å². The first kappa shape index (κ1) is 21.9. The number of rotatable bonds is 8. The molecule has 0 aromatic rings. The van der Waals surface area contributed by atoms with Crippen molar-refractivity contribution < 1.29 is 60.5 Å². The van der Waals surface area contributed by atoms with Gasteiger partial charge in [0.05, 0.1) is 19.6 Å². The second kappa shape index (κ2) is 13.6. The van der Waals surface area contributed by atoms with E-state index >= 15 is 0 Å². The summed E-state index contributed by atoms with van der Waals surface area (Å²) in [5, 5.41) is 9.39. The van der Waals surface area contributed by atoms with Gasteiger partial charge in [-0.2, -0.15) is 0 Å². The normalized spacial score (nSPS) is 8.90. The van der Waals surface area contributed by atoms with Crippen molar-refractivity contribution in [3.05, 3.63) is 0 Å². The molecule has 111 valence electrons. The van der Waals surface area contributed by atoms with Gasteiger partial charge in [-0.25, -0.2) is 0 Å². The molecule has 0 aromatic carbocycles. The third-order valence-corrected chi connectivity index (χ3v) is 2.11. The van der Waals surface area contributed by atoms with E-state index in [9.17, 15) is 19.2 Å². The molecule has 0 saturated heterocycles. The van der Waals surface area contributed by atoms with Crippen LogP contribution < -0.4 is 21.3 Å². The van der Waals surface area contributed by atoms with Crippen LogP contribution >= 0.6 is 0 Å². The van der Waals surface area contributed by atoms with Gasteiger partial charge in [-0.3, -0.25) is 19.2 Å². The van der Waals surface area contributed by atoms with Crippen LogP contribution in [0.25, 0.3) is 0 Å². The predicted octanol–water partition coefficient (Wildman–Crippen LogP) is -2.98. The molecule has 0 aliphatic rings. The van der Waals surface area contributed by atoms with Gasteiger partial charge in [0.25, 0.3) is 0 Å². The topological polar surface area (TPSA) is 116 Å². The quantitative estimate of drug-likeness (QED) is 0.307. The van der Waals surface area contributed by atoms with E-state index in [0.29, 0.717) is 6.54 Å². The van der Waals surface area contributed by atoms with Crippen LogP contribution in [0, 0.1) is 41.3 Å². The molecule has 0 rings (SSSR count). The van der Waals surface area contributed by atoms with E-state index in [-0.39, 0.29) is 72.6 Å². The van der Waals surface area contributed by atoms with Crippen LogP contribution in [0.15, 0.2) is 0 Å². The fourth-order valence-electron chi connectivity index (χ4n) is 0.972. The molecule has 8 nitrogen and oxygen atoms in total. The molecule has 0 saturated carbocycles. The minimum atomic E-state index is -0.509. The zero-order valence-electron chi connectivity index (χ0n) is 11.2. The smallest absolute Gasteiger partial charge is 0.239 e. The van der Waals surface area contributed by atoms with Crippen molar-refractivity contribution in [3.63, 3.8) is 0 Å². The Balaban J connectivity index is 0. The van der Waals surface area contributed by atoms with E-state index in [2.05, 4.69) is 33.9 Å². The van der Waals surface area contributed by atoms with Crippen LogP contribution in [0.5, 0.6) is 0 Å². The van der Waals surface area contributed by atoms with Crippen molar-refractivity contribution in [1.82, 2.24) is 21.3 Å². The van der Waals surface area contributed by atoms with Crippen LogP contribution in [0.4, 0.5) is 0 Å². The van der Waals surface area contributed by atoms with E-state index in [4.69, 9.17) is 0 Å². The SMILES string of the molecule is CCNC(=O)CNC(=O)CNC(=O)CNC(=O)C[S-].[Pr]. The molecule has 4 N–H and O–H groups in total. The molecule has 0 unspecified atom stereocenters. The molecule has 20 heavy (non-hydrogen) atoms. The maximum Gasteiger partial charge on any atom is 0.239 e. The van der Waals surface area contributed by atoms with Gasteiger partial charge in [-0.05, 0) is 6.92 Å². The number of nitrogens with one attached hydrogen (secondary N) is 4. The first-order chi connectivity index (χ1) is 8.99. The van der Waals surface area contributed by atoms with E-state index in [1.165, 1.54) is 0 Å². The second-order valence-corrected chi connectivity index (χ2v) is 3.72. The second-order valence-electron chi connectivity index (χ2n) is 3.43. The van der Waals surface area contributed by atoms with Crippen LogP contribution in [0.2, 0.25) is 0 Å². The minimum Gasteiger partial charge on any atom is -0.783 e. The van der Waals surface area contributed by atoms with Gasteiger partial charge in [-0.1, -0.05) is 5.75 Å². The van der Waals surface area contributed by atoms with Crippen molar-refractivity contribution in [2.45, 2.75) is 6.92 Å². The van der Waals surface area contributed by atoms with Crippen LogP contribution in [0.3, 0.4) is 0 Å². The Labute approximate surface area is 155 Å². The first-order valence-electron chi connectivity index (χ1n) is 5.64. The van der Waals surface area contributed by atoms with Crippen LogP contribution in [-0.4, -0.2) is 55.6 Å². The fraction of sp³-hybridized carbons (Fsp3) is 0.600. The van der Waals surface area contributed by atoms with Crippen LogP contribution in [0.1, 0.15) is 6.92 Å². The van der Waals surface area contributed by atoms with E-state index in [1.807, 2.05) is 0 Å². The third-order valence-electron chi connectivity index (χ3n) is 1.84. The number of carbonyl (C=O) groups is 4. The Hall–Kier alpha value is -0.406. The van der Waals surface area contributed by atoms with Gasteiger partial charge in [0.2, 0.25) is 17.7 Å². The summed E-state index contributed by atoms with van der Waals surface area (Å²) in [7, 11) is 0. The van der Waals surface area contributed by atoms with Crippen molar-refractivity contribution in [2.24, 2.45) is 0 Å². The maximum absolute atomic E-state index is 11.2. The minimum absolute atomic E-state index is 0. The Morgan fingerprint density at radius 1 is 0.750 bits per heavy atom. The van der Waals surface area contributed by atoms with Crippen molar-refractivity contribution in [2.75, 3.05) is 31.9 Å². The molecular weight excluding hydrogens is 413 g/mol. The monoisotopic (exact) mass is 430 g/mol. The molecule has 0 spiro atoms. The van der Waals surface area contributed by atoms with Gasteiger partial charge in [0.15, 0.2) is 5.91 Å². The Bertz CT molecular complexity index is 354. The van der Waals surface area contributed by atoms with E-state index < -0.39 is 17.7 Å². The van der Waals surface area contributed by atoms with E-state index in [0.717, 1.165) is 0 Å².